The van der Waals surface area contributed by atoms with Gasteiger partial charge in [0.15, 0.2) is 0 Å². The summed E-state index contributed by atoms with van der Waals surface area (Å²) in [5, 5.41) is 8.72. The summed E-state index contributed by atoms with van der Waals surface area (Å²) in [5.74, 6) is 6.02. The molecule has 0 unspecified atom stereocenters. The van der Waals surface area contributed by atoms with Gasteiger partial charge < -0.3 is 5.11 Å². The maximum absolute atomic E-state index is 8.72. The van der Waals surface area contributed by atoms with Crippen molar-refractivity contribution in [1.29, 1.82) is 0 Å². The first-order chi connectivity index (χ1) is 10.2. The number of hydrogen-bond acceptors (Lipinski definition) is 4. The zero-order chi connectivity index (χ0) is 15.1. The summed E-state index contributed by atoms with van der Waals surface area (Å²) in [7, 11) is 2.10. The predicted molar refractivity (Wildman–Crippen MR) is 87.0 cm³/mol. The fourth-order valence-corrected chi connectivity index (χ4v) is 2.98. The maximum atomic E-state index is 8.72. The number of aliphatic hydroxyl groups is 1. The van der Waals surface area contributed by atoms with Crippen molar-refractivity contribution in [2.75, 3.05) is 13.7 Å². The number of rotatable bonds is 5. The highest BCUT2D eigenvalue weighted by atomic mass is 32.1. The standard InChI is InChI=1S/C17H20N2OS/c1-14-6-5-7-15(18-14)12-19(2)13-17-10-9-16(21-17)8-3-4-11-20/h5-7,9-10,20H,4,11-13H2,1-2H3. The summed E-state index contributed by atoms with van der Waals surface area (Å²) in [6.45, 7) is 3.87. The van der Waals surface area contributed by atoms with E-state index in [1.54, 1.807) is 11.3 Å². The molecule has 1 N–H and O–H groups in total. The van der Waals surface area contributed by atoms with Gasteiger partial charge in [0.25, 0.3) is 0 Å². The summed E-state index contributed by atoms with van der Waals surface area (Å²) in [6.07, 6.45) is 0.534. The Morgan fingerprint density at radius 2 is 2.10 bits per heavy atom. The molecule has 0 aliphatic rings. The first-order valence-corrected chi connectivity index (χ1v) is 7.78. The third-order valence-electron chi connectivity index (χ3n) is 2.91. The molecule has 0 aromatic carbocycles. The van der Waals surface area contributed by atoms with E-state index < -0.39 is 0 Å². The summed E-state index contributed by atoms with van der Waals surface area (Å²) < 4.78 is 0. The molecule has 3 nitrogen and oxygen atoms in total. The molecule has 0 aliphatic carbocycles. The minimum absolute atomic E-state index is 0.122. The zero-order valence-corrected chi connectivity index (χ0v) is 13.3. The smallest absolute Gasteiger partial charge is 0.0771 e. The maximum Gasteiger partial charge on any atom is 0.0771 e. The van der Waals surface area contributed by atoms with E-state index in [-0.39, 0.29) is 6.61 Å². The lowest BCUT2D eigenvalue weighted by Crippen LogP contribution is -2.17. The molecule has 4 heteroatoms. The second kappa shape index (κ2) is 7.94. The van der Waals surface area contributed by atoms with Gasteiger partial charge in [0.05, 0.1) is 17.2 Å². The van der Waals surface area contributed by atoms with Crippen LogP contribution in [0.1, 0.15) is 27.6 Å². The van der Waals surface area contributed by atoms with Crippen molar-refractivity contribution >= 4 is 11.3 Å². The molecule has 0 aliphatic heterocycles. The van der Waals surface area contributed by atoms with E-state index in [4.69, 9.17) is 5.11 Å². The third-order valence-corrected chi connectivity index (χ3v) is 3.90. The molecule has 0 amide bonds. The summed E-state index contributed by atoms with van der Waals surface area (Å²) in [4.78, 5) is 9.12. The van der Waals surface area contributed by atoms with Crippen molar-refractivity contribution in [3.63, 3.8) is 0 Å². The molecule has 110 valence electrons. The second-order valence-corrected chi connectivity index (χ2v) is 6.15. The molecule has 0 spiro atoms. The molecule has 0 bridgehead atoms. The third kappa shape index (κ3) is 5.31. The minimum atomic E-state index is 0.122. The molecule has 0 radical (unpaired) electrons. The average Bonchev–Trinajstić information content (AvgIpc) is 2.86. The van der Waals surface area contributed by atoms with Gasteiger partial charge in [0, 0.05) is 30.1 Å². The molecule has 0 saturated heterocycles. The van der Waals surface area contributed by atoms with Crippen LogP contribution >= 0.6 is 11.3 Å². The van der Waals surface area contributed by atoms with Gasteiger partial charge in [-0.15, -0.1) is 11.3 Å². The quantitative estimate of drug-likeness (QED) is 0.863. The fourth-order valence-electron chi connectivity index (χ4n) is 2.02. The molecular formula is C17H20N2OS. The molecule has 2 aromatic rings. The van der Waals surface area contributed by atoms with Gasteiger partial charge >= 0.3 is 0 Å². The molecule has 2 heterocycles. The van der Waals surface area contributed by atoms with Gasteiger partial charge in [-0.05, 0) is 38.2 Å². The molecule has 0 atom stereocenters. The van der Waals surface area contributed by atoms with Crippen molar-refractivity contribution in [2.45, 2.75) is 26.4 Å². The topological polar surface area (TPSA) is 36.4 Å². The predicted octanol–water partition coefficient (Wildman–Crippen LogP) is 2.82. The zero-order valence-electron chi connectivity index (χ0n) is 12.5. The number of hydrogen-bond donors (Lipinski definition) is 1. The van der Waals surface area contributed by atoms with Crippen LogP contribution < -0.4 is 0 Å². The molecule has 21 heavy (non-hydrogen) atoms. The average molecular weight is 300 g/mol. The van der Waals surface area contributed by atoms with Gasteiger partial charge in [-0.25, -0.2) is 0 Å². The van der Waals surface area contributed by atoms with E-state index in [0.29, 0.717) is 6.42 Å². The van der Waals surface area contributed by atoms with Crippen LogP contribution in [0.25, 0.3) is 0 Å². The highest BCUT2D eigenvalue weighted by molar-refractivity contribution is 7.12. The van der Waals surface area contributed by atoms with Gasteiger partial charge in [0.2, 0.25) is 0 Å². The molecular weight excluding hydrogens is 280 g/mol. The number of aliphatic hydroxyl groups excluding tert-OH is 1. The Balaban J connectivity index is 1.91. The minimum Gasteiger partial charge on any atom is -0.395 e. The Hall–Kier alpha value is -1.67. The van der Waals surface area contributed by atoms with E-state index in [1.165, 1.54) is 4.88 Å². The van der Waals surface area contributed by atoms with Crippen molar-refractivity contribution in [1.82, 2.24) is 9.88 Å². The van der Waals surface area contributed by atoms with Crippen molar-refractivity contribution in [3.05, 3.63) is 51.5 Å². The molecule has 0 saturated carbocycles. The van der Waals surface area contributed by atoms with Crippen molar-refractivity contribution in [3.8, 4) is 11.8 Å². The molecule has 0 fully saturated rings. The Morgan fingerprint density at radius 1 is 1.24 bits per heavy atom. The van der Waals surface area contributed by atoms with Crippen LogP contribution in [-0.2, 0) is 13.1 Å². The highest BCUT2D eigenvalue weighted by Crippen LogP contribution is 2.17. The Kier molecular flexibility index (Phi) is 5.94. The van der Waals surface area contributed by atoms with Gasteiger partial charge in [-0.2, -0.15) is 0 Å². The van der Waals surface area contributed by atoms with E-state index in [1.807, 2.05) is 25.1 Å². The van der Waals surface area contributed by atoms with Crippen LogP contribution in [0.3, 0.4) is 0 Å². The fraction of sp³-hybridized carbons (Fsp3) is 0.353. The lowest BCUT2D eigenvalue weighted by molar-refractivity contribution is 0.305. The Bertz CT molecular complexity index is 639. The van der Waals surface area contributed by atoms with Crippen LogP contribution in [0.4, 0.5) is 0 Å². The SMILES string of the molecule is Cc1cccc(CN(C)Cc2ccc(C#CCCO)s2)n1. The number of nitrogens with zero attached hydrogens (tertiary/aromatic N) is 2. The Morgan fingerprint density at radius 3 is 2.86 bits per heavy atom. The number of aryl methyl sites for hydroxylation is 1. The van der Waals surface area contributed by atoms with Crippen LogP contribution in [0.5, 0.6) is 0 Å². The van der Waals surface area contributed by atoms with Crippen LogP contribution in [0.2, 0.25) is 0 Å². The second-order valence-electron chi connectivity index (χ2n) is 4.98. The van der Waals surface area contributed by atoms with E-state index in [2.05, 4.69) is 40.9 Å². The number of pyridine rings is 1. The highest BCUT2D eigenvalue weighted by Gasteiger charge is 2.05. The van der Waals surface area contributed by atoms with E-state index in [9.17, 15) is 0 Å². The largest absolute Gasteiger partial charge is 0.395 e. The number of thiophene rings is 1. The van der Waals surface area contributed by atoms with E-state index >= 15 is 0 Å². The Labute approximate surface area is 130 Å². The van der Waals surface area contributed by atoms with Crippen LogP contribution in [0, 0.1) is 18.8 Å². The first kappa shape index (κ1) is 15.7. The van der Waals surface area contributed by atoms with Crippen molar-refractivity contribution < 1.29 is 5.11 Å². The summed E-state index contributed by atoms with van der Waals surface area (Å²) in [5.41, 5.74) is 2.15. The van der Waals surface area contributed by atoms with Crippen molar-refractivity contribution in [2.24, 2.45) is 0 Å². The van der Waals surface area contributed by atoms with Gasteiger partial charge in [-0.1, -0.05) is 17.9 Å². The summed E-state index contributed by atoms with van der Waals surface area (Å²) >= 11 is 1.71. The normalized spacial score (nSPS) is 10.5. The lowest BCUT2D eigenvalue weighted by Gasteiger charge is -2.15. The molecule has 2 aromatic heterocycles. The monoisotopic (exact) mass is 300 g/mol. The van der Waals surface area contributed by atoms with Gasteiger partial charge in [0.1, 0.15) is 0 Å². The molecule has 2 rings (SSSR count). The van der Waals surface area contributed by atoms with Gasteiger partial charge in [-0.3, -0.25) is 9.88 Å². The first-order valence-electron chi connectivity index (χ1n) is 6.97. The number of aromatic nitrogens is 1. The van der Waals surface area contributed by atoms with Crippen LogP contribution in [-0.4, -0.2) is 28.6 Å². The van der Waals surface area contributed by atoms with Crippen LogP contribution in [0.15, 0.2) is 30.3 Å². The lowest BCUT2D eigenvalue weighted by atomic mass is 10.3. The summed E-state index contributed by atoms with van der Waals surface area (Å²) in [6, 6.07) is 10.3. The van der Waals surface area contributed by atoms with E-state index in [0.717, 1.165) is 29.4 Å².